The molecule has 0 bridgehead atoms. The Bertz CT molecular complexity index is 770. The Kier molecular flexibility index (Phi) is 5.06. The number of hydrogen-bond acceptors (Lipinski definition) is 4. The van der Waals surface area contributed by atoms with Gasteiger partial charge in [0, 0.05) is 26.2 Å². The van der Waals surface area contributed by atoms with Crippen molar-refractivity contribution in [2.75, 3.05) is 36.8 Å². The molecule has 24 heavy (non-hydrogen) atoms. The lowest BCUT2D eigenvalue weighted by atomic mass is 10.2. The van der Waals surface area contributed by atoms with Gasteiger partial charge in [-0.25, -0.2) is 8.42 Å². The molecule has 2 aromatic rings. The Hall–Kier alpha value is -2.05. The third-order valence-electron chi connectivity index (χ3n) is 4.17. The maximum Gasteiger partial charge on any atom is 0.213 e. The summed E-state index contributed by atoms with van der Waals surface area (Å²) in [5.41, 5.74) is 0.995. The minimum absolute atomic E-state index is 0.153. The van der Waals surface area contributed by atoms with Gasteiger partial charge >= 0.3 is 0 Å². The van der Waals surface area contributed by atoms with E-state index in [0.717, 1.165) is 17.2 Å². The molecule has 1 fully saturated rings. The van der Waals surface area contributed by atoms with E-state index >= 15 is 0 Å². The van der Waals surface area contributed by atoms with Crippen LogP contribution >= 0.6 is 0 Å². The normalized spacial score (nSPS) is 16.1. The van der Waals surface area contributed by atoms with Gasteiger partial charge in [0.15, 0.2) is 5.75 Å². The summed E-state index contributed by atoms with van der Waals surface area (Å²) in [6.45, 7) is 4.03. The largest absolute Gasteiger partial charge is 0.455 e. The molecule has 1 aliphatic heterocycles. The van der Waals surface area contributed by atoms with Crippen molar-refractivity contribution in [1.29, 1.82) is 0 Å². The molecule has 0 atom stereocenters. The quantitative estimate of drug-likeness (QED) is 0.835. The molecule has 0 aromatic heterocycles. The van der Waals surface area contributed by atoms with Crippen LogP contribution in [-0.2, 0) is 10.0 Å². The molecule has 0 aliphatic carbocycles. The first kappa shape index (κ1) is 16.8. The summed E-state index contributed by atoms with van der Waals surface area (Å²) in [5.74, 6) is 1.73. The van der Waals surface area contributed by atoms with E-state index in [2.05, 4.69) is 4.90 Å². The molecule has 1 aliphatic rings. The van der Waals surface area contributed by atoms with E-state index in [0.29, 0.717) is 26.2 Å². The SMILES string of the molecule is CCS(=O)(=O)N1CCN(c2ccccc2Oc2ccccc2)CC1. The summed E-state index contributed by atoms with van der Waals surface area (Å²) in [6, 6.07) is 17.5. The zero-order valence-electron chi connectivity index (χ0n) is 13.8. The number of rotatable bonds is 5. The van der Waals surface area contributed by atoms with Crippen LogP contribution in [0.4, 0.5) is 5.69 Å². The lowest BCUT2D eigenvalue weighted by Crippen LogP contribution is -2.49. The van der Waals surface area contributed by atoms with E-state index in [-0.39, 0.29) is 5.75 Å². The number of anilines is 1. The highest BCUT2D eigenvalue weighted by molar-refractivity contribution is 7.89. The minimum atomic E-state index is -3.11. The third-order valence-corrected chi connectivity index (χ3v) is 6.06. The van der Waals surface area contributed by atoms with Crippen LogP contribution in [0.3, 0.4) is 0 Å². The summed E-state index contributed by atoms with van der Waals surface area (Å²) in [5, 5.41) is 0. The average Bonchev–Trinajstić information content (AvgIpc) is 2.63. The highest BCUT2D eigenvalue weighted by atomic mass is 32.2. The van der Waals surface area contributed by atoms with Gasteiger partial charge in [0.1, 0.15) is 5.75 Å². The van der Waals surface area contributed by atoms with Gasteiger partial charge in [-0.05, 0) is 31.2 Å². The number of nitrogens with zero attached hydrogens (tertiary/aromatic N) is 2. The molecule has 1 saturated heterocycles. The second-order valence-corrected chi connectivity index (χ2v) is 7.93. The molecule has 0 saturated carbocycles. The molecule has 6 heteroatoms. The highest BCUT2D eigenvalue weighted by Crippen LogP contribution is 2.32. The van der Waals surface area contributed by atoms with Gasteiger partial charge in [0.05, 0.1) is 11.4 Å². The number of sulfonamides is 1. The zero-order chi connectivity index (χ0) is 17.0. The fourth-order valence-corrected chi connectivity index (χ4v) is 3.89. The van der Waals surface area contributed by atoms with Crippen molar-refractivity contribution >= 4 is 15.7 Å². The van der Waals surface area contributed by atoms with Crippen LogP contribution in [0.2, 0.25) is 0 Å². The molecule has 5 nitrogen and oxygen atoms in total. The highest BCUT2D eigenvalue weighted by Gasteiger charge is 2.26. The van der Waals surface area contributed by atoms with Crippen molar-refractivity contribution in [3.8, 4) is 11.5 Å². The second-order valence-electron chi connectivity index (χ2n) is 5.67. The summed E-state index contributed by atoms with van der Waals surface area (Å²) in [4.78, 5) is 2.18. The molecule has 0 spiro atoms. The van der Waals surface area contributed by atoms with Crippen LogP contribution < -0.4 is 9.64 Å². The number of para-hydroxylation sites is 3. The Balaban J connectivity index is 1.75. The van der Waals surface area contributed by atoms with Crippen LogP contribution in [0.5, 0.6) is 11.5 Å². The van der Waals surface area contributed by atoms with Crippen LogP contribution in [0.1, 0.15) is 6.92 Å². The maximum atomic E-state index is 12.0. The molecular formula is C18H22N2O3S. The molecule has 0 unspecified atom stereocenters. The van der Waals surface area contributed by atoms with E-state index in [4.69, 9.17) is 4.74 Å². The van der Waals surface area contributed by atoms with Crippen LogP contribution in [0.15, 0.2) is 54.6 Å². The van der Waals surface area contributed by atoms with Gasteiger partial charge in [-0.2, -0.15) is 4.31 Å². The number of piperazine rings is 1. The molecule has 0 N–H and O–H groups in total. The maximum absolute atomic E-state index is 12.0. The van der Waals surface area contributed by atoms with E-state index in [1.165, 1.54) is 0 Å². The first-order valence-corrected chi connectivity index (χ1v) is 9.76. The number of hydrogen-bond donors (Lipinski definition) is 0. The molecule has 128 valence electrons. The van der Waals surface area contributed by atoms with E-state index in [1.807, 2.05) is 54.6 Å². The standard InChI is InChI=1S/C18H22N2O3S/c1-2-24(21,22)20-14-12-19(13-15-20)17-10-6-7-11-18(17)23-16-8-4-3-5-9-16/h3-11H,2,12-15H2,1H3. The van der Waals surface area contributed by atoms with E-state index in [9.17, 15) is 8.42 Å². The van der Waals surface area contributed by atoms with Crippen LogP contribution in [0.25, 0.3) is 0 Å². The fourth-order valence-electron chi connectivity index (χ4n) is 2.81. The first-order chi connectivity index (χ1) is 11.6. The Morgan fingerprint density at radius 1 is 0.917 bits per heavy atom. The van der Waals surface area contributed by atoms with Crippen molar-refractivity contribution in [3.63, 3.8) is 0 Å². The number of ether oxygens (including phenoxy) is 1. The van der Waals surface area contributed by atoms with Crippen molar-refractivity contribution < 1.29 is 13.2 Å². The predicted octanol–water partition coefficient (Wildman–Crippen LogP) is 2.95. The topological polar surface area (TPSA) is 49.9 Å². The molecule has 0 radical (unpaired) electrons. The summed E-state index contributed by atoms with van der Waals surface area (Å²) in [6.07, 6.45) is 0. The van der Waals surface area contributed by atoms with Gasteiger partial charge in [0.25, 0.3) is 0 Å². The monoisotopic (exact) mass is 346 g/mol. The predicted molar refractivity (Wildman–Crippen MR) is 96.2 cm³/mol. The van der Waals surface area contributed by atoms with Crippen molar-refractivity contribution in [2.45, 2.75) is 6.92 Å². The Labute approximate surface area is 143 Å². The second kappa shape index (κ2) is 7.23. The van der Waals surface area contributed by atoms with Crippen molar-refractivity contribution in [2.24, 2.45) is 0 Å². The average molecular weight is 346 g/mol. The molecule has 1 heterocycles. The van der Waals surface area contributed by atoms with Crippen LogP contribution in [-0.4, -0.2) is 44.7 Å². The zero-order valence-corrected chi connectivity index (χ0v) is 14.6. The van der Waals surface area contributed by atoms with Gasteiger partial charge in [-0.1, -0.05) is 30.3 Å². The molecule has 2 aromatic carbocycles. The lowest BCUT2D eigenvalue weighted by molar-refractivity contribution is 0.383. The minimum Gasteiger partial charge on any atom is -0.455 e. The fraction of sp³-hybridized carbons (Fsp3) is 0.333. The van der Waals surface area contributed by atoms with E-state index < -0.39 is 10.0 Å². The third kappa shape index (κ3) is 3.71. The van der Waals surface area contributed by atoms with E-state index in [1.54, 1.807) is 11.2 Å². The van der Waals surface area contributed by atoms with Gasteiger partial charge in [0.2, 0.25) is 10.0 Å². The van der Waals surface area contributed by atoms with Gasteiger partial charge in [-0.3, -0.25) is 0 Å². The Morgan fingerprint density at radius 3 is 2.21 bits per heavy atom. The van der Waals surface area contributed by atoms with Crippen molar-refractivity contribution in [3.05, 3.63) is 54.6 Å². The summed E-state index contributed by atoms with van der Waals surface area (Å²) < 4.78 is 31.6. The summed E-state index contributed by atoms with van der Waals surface area (Å²) >= 11 is 0. The first-order valence-electron chi connectivity index (χ1n) is 8.15. The lowest BCUT2D eigenvalue weighted by Gasteiger charge is -2.35. The molecule has 3 rings (SSSR count). The van der Waals surface area contributed by atoms with Crippen LogP contribution in [0, 0.1) is 0 Å². The Morgan fingerprint density at radius 2 is 1.54 bits per heavy atom. The summed E-state index contributed by atoms with van der Waals surface area (Å²) in [7, 11) is -3.11. The van der Waals surface area contributed by atoms with Crippen molar-refractivity contribution in [1.82, 2.24) is 4.31 Å². The molecule has 0 amide bonds. The molecular weight excluding hydrogens is 324 g/mol. The smallest absolute Gasteiger partial charge is 0.213 e. The number of benzene rings is 2. The van der Waals surface area contributed by atoms with Gasteiger partial charge < -0.3 is 9.64 Å². The van der Waals surface area contributed by atoms with Gasteiger partial charge in [-0.15, -0.1) is 0 Å².